The summed E-state index contributed by atoms with van der Waals surface area (Å²) in [5.74, 6) is 0.196. The van der Waals surface area contributed by atoms with Gasteiger partial charge in [-0.1, -0.05) is 36.4 Å². The number of hydrogen-bond donors (Lipinski definition) is 1. The van der Waals surface area contributed by atoms with E-state index in [2.05, 4.69) is 66.2 Å². The van der Waals surface area contributed by atoms with E-state index in [4.69, 9.17) is 9.73 Å². The molecule has 1 amide bonds. The fraction of sp³-hybridized carbons (Fsp3) is 0.471. The van der Waals surface area contributed by atoms with Crippen LogP contribution in [0.2, 0.25) is 0 Å². The third kappa shape index (κ3) is 7.63. The minimum absolute atomic E-state index is 0.157. The number of benzene rings is 2. The van der Waals surface area contributed by atoms with Gasteiger partial charge in [-0.15, -0.1) is 0 Å². The lowest BCUT2D eigenvalue weighted by Gasteiger charge is -2.35. The Kier molecular flexibility index (Phi) is 11.0. The quantitative estimate of drug-likeness (QED) is 0.228. The number of amides is 1. The Labute approximate surface area is 256 Å². The number of rotatable bonds is 11. The Morgan fingerprint density at radius 2 is 2.02 bits per heavy atom. The molecule has 2 aromatic rings. The molecule has 0 aromatic heterocycles. The minimum Gasteiger partial charge on any atom is -0.481 e. The number of carbonyl (C=O) groups is 1. The predicted octanol–water partition coefficient (Wildman–Crippen LogP) is 4.98. The SMILES string of the molecule is C/C=C/C(=O)N(C)[C@@H](CC#N)CN(C)C(=N)C1=C(N=COC[C@@H]2CCCN2C)CN(c2cccc3cccc(C)c23)CC1. The second kappa shape index (κ2) is 14.8. The highest BCUT2D eigenvalue weighted by Gasteiger charge is 2.27. The minimum atomic E-state index is -0.350. The lowest BCUT2D eigenvalue weighted by molar-refractivity contribution is -0.126. The Morgan fingerprint density at radius 3 is 2.72 bits per heavy atom. The third-order valence-corrected chi connectivity index (χ3v) is 8.68. The Hall–Kier alpha value is -4.16. The summed E-state index contributed by atoms with van der Waals surface area (Å²) in [6.07, 6.45) is 7.87. The molecule has 9 nitrogen and oxygen atoms in total. The van der Waals surface area contributed by atoms with Crippen LogP contribution in [0.25, 0.3) is 10.8 Å². The number of aryl methyl sites for hydroxylation is 1. The first kappa shape index (κ1) is 31.8. The summed E-state index contributed by atoms with van der Waals surface area (Å²) in [4.78, 5) is 25.4. The number of fused-ring (bicyclic) bond motifs is 1. The fourth-order valence-corrected chi connectivity index (χ4v) is 6.05. The first-order chi connectivity index (χ1) is 20.7. The Morgan fingerprint density at radius 1 is 1.26 bits per heavy atom. The molecule has 2 aromatic carbocycles. The largest absolute Gasteiger partial charge is 0.481 e. The molecule has 1 N–H and O–H groups in total. The molecule has 1 fully saturated rings. The van der Waals surface area contributed by atoms with E-state index in [1.54, 1.807) is 31.3 Å². The summed E-state index contributed by atoms with van der Waals surface area (Å²) >= 11 is 0. The molecular formula is C34H45N7O2. The first-order valence-electron chi connectivity index (χ1n) is 15.1. The molecule has 0 spiro atoms. The molecule has 0 bridgehead atoms. The maximum atomic E-state index is 12.5. The zero-order chi connectivity index (χ0) is 30.9. The van der Waals surface area contributed by atoms with E-state index in [0.29, 0.717) is 38.0 Å². The molecule has 9 heteroatoms. The molecule has 0 unspecified atom stereocenters. The number of nitrogens with zero attached hydrogens (tertiary/aromatic N) is 6. The lowest BCUT2D eigenvalue weighted by Crippen LogP contribution is -2.46. The van der Waals surface area contributed by atoms with E-state index in [0.717, 1.165) is 36.5 Å². The van der Waals surface area contributed by atoms with Crippen molar-refractivity contribution < 1.29 is 9.53 Å². The number of nitrogens with one attached hydrogen (secondary N) is 1. The molecule has 0 radical (unpaired) electrons. The average molecular weight is 584 g/mol. The number of ether oxygens (including phenoxy) is 1. The standard InChI is InChI=1S/C34H45N7O2/c1-6-10-32(42)40(5)27(16-18-35)21-39(4)34(36)29-17-20-41(31-15-8-13-26-12-7-11-25(2)33(26)31)22-30(29)37-24-43-23-28-14-9-19-38(28)3/h6-8,10-13,15,24,27-28,36H,9,14,16-17,19-23H2,1-5H3/b10-6+,36-34?,37-24?/t27-,28-/m0/s1. The number of likely N-dealkylation sites (tertiary alicyclic amines) is 1. The van der Waals surface area contributed by atoms with Gasteiger partial charge in [0.2, 0.25) is 5.91 Å². The number of nitriles is 1. The summed E-state index contributed by atoms with van der Waals surface area (Å²) in [5, 5.41) is 21.1. The van der Waals surface area contributed by atoms with Crippen molar-refractivity contribution in [3.63, 3.8) is 0 Å². The van der Waals surface area contributed by atoms with Gasteiger partial charge in [0.15, 0.2) is 6.40 Å². The molecule has 2 atom stereocenters. The highest BCUT2D eigenvalue weighted by molar-refractivity contribution is 5.99. The molecule has 228 valence electrons. The lowest BCUT2D eigenvalue weighted by atomic mass is 9.99. The second-order valence-electron chi connectivity index (χ2n) is 11.6. The summed E-state index contributed by atoms with van der Waals surface area (Å²) < 4.78 is 5.93. The van der Waals surface area contributed by atoms with Crippen LogP contribution in [0.15, 0.2) is 64.8 Å². The summed E-state index contributed by atoms with van der Waals surface area (Å²) in [5.41, 5.74) is 4.04. The van der Waals surface area contributed by atoms with Gasteiger partial charge in [-0.25, -0.2) is 4.99 Å². The van der Waals surface area contributed by atoms with Crippen LogP contribution in [0, 0.1) is 23.7 Å². The Bertz CT molecular complexity index is 1430. The molecule has 0 aliphatic carbocycles. The van der Waals surface area contributed by atoms with E-state index in [9.17, 15) is 15.5 Å². The van der Waals surface area contributed by atoms with Crippen molar-refractivity contribution in [3.8, 4) is 6.07 Å². The monoisotopic (exact) mass is 583 g/mol. The molecular weight excluding hydrogens is 538 g/mol. The van der Waals surface area contributed by atoms with E-state index in [1.807, 2.05) is 11.9 Å². The van der Waals surface area contributed by atoms with Crippen molar-refractivity contribution in [3.05, 3.63) is 65.4 Å². The van der Waals surface area contributed by atoms with E-state index in [1.165, 1.54) is 28.8 Å². The number of anilines is 1. The van der Waals surface area contributed by atoms with Crippen LogP contribution in [0.4, 0.5) is 5.69 Å². The molecule has 2 aliphatic heterocycles. The van der Waals surface area contributed by atoms with E-state index < -0.39 is 0 Å². The molecule has 2 aliphatic rings. The van der Waals surface area contributed by atoms with Crippen molar-refractivity contribution in [1.29, 1.82) is 10.7 Å². The number of amidine groups is 1. The maximum Gasteiger partial charge on any atom is 0.246 e. The number of likely N-dealkylation sites (N-methyl/N-ethyl adjacent to an activating group) is 3. The summed E-state index contributed by atoms with van der Waals surface area (Å²) in [6.45, 7) is 7.27. The van der Waals surface area contributed by atoms with Crippen LogP contribution >= 0.6 is 0 Å². The highest BCUT2D eigenvalue weighted by atomic mass is 16.5. The van der Waals surface area contributed by atoms with Gasteiger partial charge < -0.3 is 24.3 Å². The van der Waals surface area contributed by atoms with Gasteiger partial charge in [0.1, 0.15) is 12.4 Å². The van der Waals surface area contributed by atoms with Gasteiger partial charge in [0, 0.05) is 49.9 Å². The van der Waals surface area contributed by atoms with Crippen molar-refractivity contribution in [2.45, 2.75) is 51.6 Å². The van der Waals surface area contributed by atoms with Crippen molar-refractivity contribution in [2.75, 3.05) is 58.8 Å². The predicted molar refractivity (Wildman–Crippen MR) is 175 cm³/mol. The molecule has 1 saturated heterocycles. The van der Waals surface area contributed by atoms with Crippen LogP contribution in [-0.2, 0) is 9.53 Å². The number of allylic oxidation sites excluding steroid dienone is 1. The highest BCUT2D eigenvalue weighted by Crippen LogP contribution is 2.33. The molecule has 43 heavy (non-hydrogen) atoms. The van der Waals surface area contributed by atoms with Crippen LogP contribution in [0.1, 0.15) is 38.2 Å². The van der Waals surface area contributed by atoms with Crippen molar-refractivity contribution in [2.24, 2.45) is 4.99 Å². The first-order valence-corrected chi connectivity index (χ1v) is 15.1. The number of carbonyl (C=O) groups excluding carboxylic acids is 1. The Balaban J connectivity index is 1.60. The second-order valence-corrected chi connectivity index (χ2v) is 11.6. The van der Waals surface area contributed by atoms with Gasteiger partial charge in [-0.05, 0) is 69.8 Å². The van der Waals surface area contributed by atoms with Gasteiger partial charge in [-0.2, -0.15) is 5.26 Å². The molecule has 4 rings (SSSR count). The van der Waals surface area contributed by atoms with Gasteiger partial charge in [0.25, 0.3) is 0 Å². The zero-order valence-electron chi connectivity index (χ0n) is 26.2. The van der Waals surface area contributed by atoms with Crippen LogP contribution in [0.5, 0.6) is 0 Å². The van der Waals surface area contributed by atoms with Gasteiger partial charge in [0.05, 0.1) is 30.8 Å². The van der Waals surface area contributed by atoms with Crippen LogP contribution < -0.4 is 4.90 Å². The molecule has 0 saturated carbocycles. The maximum absolute atomic E-state index is 12.5. The average Bonchev–Trinajstić information content (AvgIpc) is 3.42. The van der Waals surface area contributed by atoms with E-state index >= 15 is 0 Å². The molecule has 2 heterocycles. The van der Waals surface area contributed by atoms with Crippen molar-refractivity contribution >= 4 is 34.6 Å². The summed E-state index contributed by atoms with van der Waals surface area (Å²) in [6, 6.07) is 15.0. The van der Waals surface area contributed by atoms with Crippen LogP contribution in [0.3, 0.4) is 0 Å². The van der Waals surface area contributed by atoms with Crippen LogP contribution in [-0.4, -0.2) is 98.9 Å². The zero-order valence-corrected chi connectivity index (χ0v) is 26.2. The number of aliphatic imine (C=N–C) groups is 1. The number of hydrogen-bond acceptors (Lipinski definition) is 7. The van der Waals surface area contributed by atoms with Gasteiger partial charge >= 0.3 is 0 Å². The third-order valence-electron chi connectivity index (χ3n) is 8.68. The van der Waals surface area contributed by atoms with Gasteiger partial charge in [-0.3, -0.25) is 10.2 Å². The normalized spacial score (nSPS) is 18.4. The van der Waals surface area contributed by atoms with E-state index in [-0.39, 0.29) is 18.4 Å². The van der Waals surface area contributed by atoms with Crippen molar-refractivity contribution in [1.82, 2.24) is 14.7 Å². The topological polar surface area (TPSA) is 99.3 Å². The smallest absolute Gasteiger partial charge is 0.246 e. The fourth-order valence-electron chi connectivity index (χ4n) is 6.05. The summed E-state index contributed by atoms with van der Waals surface area (Å²) in [7, 11) is 5.69.